The zero-order valence-corrected chi connectivity index (χ0v) is 15.9. The number of aromatic nitrogens is 2. The van der Waals surface area contributed by atoms with Gasteiger partial charge in [0.1, 0.15) is 5.75 Å². The van der Waals surface area contributed by atoms with E-state index in [1.165, 1.54) is 0 Å². The van der Waals surface area contributed by atoms with Crippen molar-refractivity contribution in [1.82, 2.24) is 14.9 Å². The van der Waals surface area contributed by atoms with Crippen molar-refractivity contribution in [1.29, 1.82) is 0 Å². The van der Waals surface area contributed by atoms with Crippen LogP contribution in [0.25, 0.3) is 11.3 Å². The zero-order chi connectivity index (χ0) is 19.3. The minimum atomic E-state index is 0.0658. The Bertz CT molecular complexity index is 959. The van der Waals surface area contributed by atoms with Gasteiger partial charge in [0.2, 0.25) is 0 Å². The summed E-state index contributed by atoms with van der Waals surface area (Å²) < 4.78 is 5.33. The number of hydrogen-bond acceptors (Lipinski definition) is 4. The maximum atomic E-state index is 12.8. The van der Waals surface area contributed by atoms with Crippen LogP contribution < -0.4 is 4.74 Å². The Balaban J connectivity index is 1.55. The van der Waals surface area contributed by atoms with Crippen molar-refractivity contribution < 1.29 is 9.53 Å². The minimum Gasteiger partial charge on any atom is -0.497 e. The van der Waals surface area contributed by atoms with Gasteiger partial charge in [0.25, 0.3) is 5.91 Å². The maximum Gasteiger partial charge on any atom is 0.253 e. The monoisotopic (exact) mass is 373 g/mol. The third-order valence-corrected chi connectivity index (χ3v) is 5.19. The Labute approximate surface area is 165 Å². The van der Waals surface area contributed by atoms with Crippen LogP contribution in [-0.2, 0) is 0 Å². The molecule has 0 radical (unpaired) electrons. The molecule has 0 saturated carbocycles. The second-order valence-corrected chi connectivity index (χ2v) is 7.01. The summed E-state index contributed by atoms with van der Waals surface area (Å²) in [5.74, 6) is 1.12. The summed E-state index contributed by atoms with van der Waals surface area (Å²) in [7, 11) is 1.67. The normalized spacial score (nSPS) is 16.6. The van der Waals surface area contributed by atoms with Crippen molar-refractivity contribution in [2.24, 2.45) is 0 Å². The van der Waals surface area contributed by atoms with Crippen molar-refractivity contribution in [3.8, 4) is 17.0 Å². The minimum absolute atomic E-state index is 0.0658. The van der Waals surface area contributed by atoms with E-state index in [0.29, 0.717) is 12.1 Å². The molecule has 0 unspecified atom stereocenters. The molecule has 3 aromatic rings. The molecule has 0 bridgehead atoms. The van der Waals surface area contributed by atoms with Crippen LogP contribution in [0.1, 0.15) is 34.8 Å². The quantitative estimate of drug-likeness (QED) is 0.689. The van der Waals surface area contributed by atoms with E-state index < -0.39 is 0 Å². The molecule has 1 amide bonds. The summed E-state index contributed by atoms with van der Waals surface area (Å²) in [5, 5.41) is 0. The number of methoxy groups -OCH3 is 1. The van der Waals surface area contributed by atoms with Gasteiger partial charge in [0.05, 0.1) is 12.8 Å². The molecule has 4 rings (SSSR count). The van der Waals surface area contributed by atoms with E-state index in [0.717, 1.165) is 42.1 Å². The van der Waals surface area contributed by atoms with Gasteiger partial charge in [-0.05, 0) is 49.2 Å². The van der Waals surface area contributed by atoms with Crippen LogP contribution in [0.3, 0.4) is 0 Å². The van der Waals surface area contributed by atoms with Crippen LogP contribution in [0.4, 0.5) is 0 Å². The Morgan fingerprint density at radius 1 is 1.11 bits per heavy atom. The average Bonchev–Trinajstić information content (AvgIpc) is 2.79. The van der Waals surface area contributed by atoms with E-state index in [1.807, 2.05) is 41.3 Å². The van der Waals surface area contributed by atoms with Gasteiger partial charge in [-0.1, -0.05) is 18.2 Å². The fraction of sp³-hybridized carbons (Fsp3) is 0.261. The molecule has 1 aliphatic heterocycles. The van der Waals surface area contributed by atoms with Gasteiger partial charge < -0.3 is 9.64 Å². The molecule has 28 heavy (non-hydrogen) atoms. The lowest BCUT2D eigenvalue weighted by Crippen LogP contribution is -2.39. The molecular formula is C23H23N3O2. The predicted molar refractivity (Wildman–Crippen MR) is 108 cm³/mol. The fourth-order valence-electron chi connectivity index (χ4n) is 3.70. The Morgan fingerprint density at radius 3 is 2.75 bits per heavy atom. The summed E-state index contributed by atoms with van der Waals surface area (Å²) in [4.78, 5) is 23.6. The molecule has 0 aliphatic carbocycles. The van der Waals surface area contributed by atoms with Crippen molar-refractivity contribution in [2.75, 3.05) is 20.2 Å². The molecule has 1 aromatic carbocycles. The first-order valence-corrected chi connectivity index (χ1v) is 9.55. The number of nitrogens with zero attached hydrogens (tertiary/aromatic N) is 3. The van der Waals surface area contributed by atoms with E-state index in [1.54, 1.807) is 31.6 Å². The number of rotatable bonds is 4. The van der Waals surface area contributed by atoms with E-state index >= 15 is 0 Å². The predicted octanol–water partition coefficient (Wildman–Crippen LogP) is 4.17. The van der Waals surface area contributed by atoms with Gasteiger partial charge in [-0.15, -0.1) is 0 Å². The van der Waals surface area contributed by atoms with Gasteiger partial charge >= 0.3 is 0 Å². The molecule has 0 N–H and O–H groups in total. The van der Waals surface area contributed by atoms with Crippen molar-refractivity contribution in [2.45, 2.75) is 18.8 Å². The maximum absolute atomic E-state index is 12.8. The van der Waals surface area contributed by atoms with Gasteiger partial charge in [0.15, 0.2) is 0 Å². The van der Waals surface area contributed by atoms with Crippen LogP contribution in [0, 0.1) is 0 Å². The molecular weight excluding hydrogens is 350 g/mol. The molecule has 1 atom stereocenters. The summed E-state index contributed by atoms with van der Waals surface area (Å²) in [6.07, 6.45) is 5.34. The van der Waals surface area contributed by atoms with Crippen molar-refractivity contribution in [3.63, 3.8) is 0 Å². The van der Waals surface area contributed by atoms with Crippen LogP contribution >= 0.6 is 0 Å². The zero-order valence-electron chi connectivity index (χ0n) is 15.9. The van der Waals surface area contributed by atoms with Crippen molar-refractivity contribution in [3.05, 3.63) is 78.2 Å². The SMILES string of the molecule is COc1cccc(-c2cccc([C@@H]3CCCN(C(=O)c4ccncc4)C3)n2)c1. The number of amides is 1. The number of benzene rings is 1. The van der Waals surface area contributed by atoms with Crippen LogP contribution in [0.2, 0.25) is 0 Å². The molecule has 142 valence electrons. The molecule has 0 spiro atoms. The van der Waals surface area contributed by atoms with Gasteiger partial charge in [-0.2, -0.15) is 0 Å². The third kappa shape index (κ3) is 3.88. The highest BCUT2D eigenvalue weighted by Gasteiger charge is 2.26. The number of piperidine rings is 1. The van der Waals surface area contributed by atoms with E-state index in [4.69, 9.17) is 9.72 Å². The van der Waals surface area contributed by atoms with Crippen LogP contribution in [-0.4, -0.2) is 41.0 Å². The number of carbonyl (C=O) groups excluding carboxylic acids is 1. The smallest absolute Gasteiger partial charge is 0.253 e. The average molecular weight is 373 g/mol. The first kappa shape index (κ1) is 18.2. The lowest BCUT2D eigenvalue weighted by molar-refractivity contribution is 0.0706. The lowest BCUT2D eigenvalue weighted by atomic mass is 9.93. The summed E-state index contributed by atoms with van der Waals surface area (Å²) >= 11 is 0. The van der Waals surface area contributed by atoms with Gasteiger partial charge in [0, 0.05) is 48.2 Å². The summed E-state index contributed by atoms with van der Waals surface area (Å²) in [5.41, 5.74) is 3.68. The van der Waals surface area contributed by atoms with Gasteiger partial charge in [-0.25, -0.2) is 0 Å². The number of likely N-dealkylation sites (tertiary alicyclic amines) is 1. The Hall–Kier alpha value is -3.21. The number of ether oxygens (including phenoxy) is 1. The highest BCUT2D eigenvalue weighted by atomic mass is 16.5. The first-order valence-electron chi connectivity index (χ1n) is 9.55. The van der Waals surface area contributed by atoms with Gasteiger partial charge in [-0.3, -0.25) is 14.8 Å². The van der Waals surface area contributed by atoms with E-state index in [-0.39, 0.29) is 11.8 Å². The largest absolute Gasteiger partial charge is 0.497 e. The fourth-order valence-corrected chi connectivity index (χ4v) is 3.70. The second kappa shape index (κ2) is 8.21. The highest BCUT2D eigenvalue weighted by molar-refractivity contribution is 5.94. The molecule has 5 nitrogen and oxygen atoms in total. The Kier molecular flexibility index (Phi) is 5.33. The number of carbonyl (C=O) groups is 1. The van der Waals surface area contributed by atoms with Crippen LogP contribution in [0.15, 0.2) is 67.0 Å². The Morgan fingerprint density at radius 2 is 1.93 bits per heavy atom. The standard InChI is InChI=1S/C23H23N3O2/c1-28-20-7-2-5-18(15-20)21-8-3-9-22(25-21)19-6-4-14-26(16-19)23(27)17-10-12-24-13-11-17/h2-3,5,7-13,15,19H,4,6,14,16H2,1H3/t19-/m1/s1. The molecule has 1 saturated heterocycles. The molecule has 2 aromatic heterocycles. The topological polar surface area (TPSA) is 55.3 Å². The van der Waals surface area contributed by atoms with E-state index in [2.05, 4.69) is 11.1 Å². The van der Waals surface area contributed by atoms with Crippen molar-refractivity contribution >= 4 is 5.91 Å². The third-order valence-electron chi connectivity index (χ3n) is 5.19. The highest BCUT2D eigenvalue weighted by Crippen LogP contribution is 2.29. The number of hydrogen-bond donors (Lipinski definition) is 0. The van der Waals surface area contributed by atoms with E-state index in [9.17, 15) is 4.79 Å². The molecule has 5 heteroatoms. The van der Waals surface area contributed by atoms with Crippen LogP contribution in [0.5, 0.6) is 5.75 Å². The number of pyridine rings is 2. The summed E-state index contributed by atoms with van der Waals surface area (Å²) in [6.45, 7) is 1.48. The summed E-state index contributed by atoms with van der Waals surface area (Å²) in [6, 6.07) is 17.6. The second-order valence-electron chi connectivity index (χ2n) is 7.01. The molecule has 1 aliphatic rings. The molecule has 1 fully saturated rings. The molecule has 3 heterocycles. The lowest BCUT2D eigenvalue weighted by Gasteiger charge is -2.32. The first-order chi connectivity index (χ1) is 13.7.